The molecule has 0 N–H and O–H groups in total. The first-order chi connectivity index (χ1) is 6.63. The zero-order chi connectivity index (χ0) is 10.6. The van der Waals surface area contributed by atoms with Crippen LogP contribution in [0.4, 0.5) is 0 Å². The van der Waals surface area contributed by atoms with Gasteiger partial charge in [0.05, 0.1) is 0 Å². The van der Waals surface area contributed by atoms with Crippen molar-refractivity contribution in [1.29, 1.82) is 0 Å². The average molecular weight is 256 g/mol. The number of ketones is 1. The van der Waals surface area contributed by atoms with Gasteiger partial charge in [0, 0.05) is 17.1 Å². The minimum atomic E-state index is 0.131. The van der Waals surface area contributed by atoms with Crippen LogP contribution >= 0.6 is 15.9 Å². The van der Waals surface area contributed by atoms with E-state index in [9.17, 15) is 4.79 Å². The molecule has 0 radical (unpaired) electrons. The first-order valence-electron chi connectivity index (χ1n) is 4.78. The minimum absolute atomic E-state index is 0.131. The predicted molar refractivity (Wildman–Crippen MR) is 60.3 cm³/mol. The van der Waals surface area contributed by atoms with Crippen LogP contribution in [-0.2, 0) is 0 Å². The third-order valence-corrected chi connectivity index (χ3v) is 2.71. The smallest absolute Gasteiger partial charge is 0.181 e. The van der Waals surface area contributed by atoms with Crippen molar-refractivity contribution in [3.63, 3.8) is 0 Å². The van der Waals surface area contributed by atoms with Gasteiger partial charge in [0.15, 0.2) is 5.78 Å². The SMILES string of the molecule is CC[C@H](C)CC(=O)c1ccc(Br)cn1. The summed E-state index contributed by atoms with van der Waals surface area (Å²) in [5.74, 6) is 0.569. The van der Waals surface area contributed by atoms with Crippen LogP contribution in [0.3, 0.4) is 0 Å². The van der Waals surface area contributed by atoms with E-state index >= 15 is 0 Å². The second-order valence-electron chi connectivity index (χ2n) is 3.50. The molecule has 2 nitrogen and oxygen atoms in total. The number of carbonyl (C=O) groups excluding carboxylic acids is 1. The van der Waals surface area contributed by atoms with Gasteiger partial charge < -0.3 is 0 Å². The molecule has 0 amide bonds. The van der Waals surface area contributed by atoms with Crippen LogP contribution in [-0.4, -0.2) is 10.8 Å². The van der Waals surface area contributed by atoms with Gasteiger partial charge in [0.1, 0.15) is 5.69 Å². The lowest BCUT2D eigenvalue weighted by atomic mass is 10.0. The van der Waals surface area contributed by atoms with E-state index in [1.807, 2.05) is 6.07 Å². The highest BCUT2D eigenvalue weighted by Crippen LogP contribution is 2.13. The highest BCUT2D eigenvalue weighted by molar-refractivity contribution is 9.10. The monoisotopic (exact) mass is 255 g/mol. The van der Waals surface area contributed by atoms with E-state index in [1.54, 1.807) is 12.3 Å². The number of Topliss-reactive ketones (excluding diaryl/α,β-unsaturated/α-hetero) is 1. The van der Waals surface area contributed by atoms with Gasteiger partial charge in [-0.3, -0.25) is 9.78 Å². The van der Waals surface area contributed by atoms with E-state index < -0.39 is 0 Å². The molecule has 1 aromatic rings. The van der Waals surface area contributed by atoms with Gasteiger partial charge in [-0.15, -0.1) is 0 Å². The lowest BCUT2D eigenvalue weighted by molar-refractivity contribution is 0.0959. The van der Waals surface area contributed by atoms with Crippen LogP contribution in [0.2, 0.25) is 0 Å². The van der Waals surface area contributed by atoms with Crippen LogP contribution in [0.5, 0.6) is 0 Å². The molecule has 1 heterocycles. The molecular weight excluding hydrogens is 242 g/mol. The van der Waals surface area contributed by atoms with Gasteiger partial charge in [0.2, 0.25) is 0 Å². The summed E-state index contributed by atoms with van der Waals surface area (Å²) in [6.07, 6.45) is 3.28. The lowest BCUT2D eigenvalue weighted by Crippen LogP contribution is -2.06. The molecule has 76 valence electrons. The summed E-state index contributed by atoms with van der Waals surface area (Å²) in [5, 5.41) is 0. The van der Waals surface area contributed by atoms with Crippen molar-refractivity contribution in [1.82, 2.24) is 4.98 Å². The van der Waals surface area contributed by atoms with Crippen molar-refractivity contribution in [3.05, 3.63) is 28.5 Å². The molecule has 1 atom stereocenters. The number of aromatic nitrogens is 1. The van der Waals surface area contributed by atoms with Crippen molar-refractivity contribution in [2.24, 2.45) is 5.92 Å². The van der Waals surface area contributed by atoms with Gasteiger partial charge >= 0.3 is 0 Å². The zero-order valence-corrected chi connectivity index (χ0v) is 10.0. The van der Waals surface area contributed by atoms with Gasteiger partial charge in [-0.1, -0.05) is 20.3 Å². The van der Waals surface area contributed by atoms with Crippen LogP contribution in [0.25, 0.3) is 0 Å². The second-order valence-corrected chi connectivity index (χ2v) is 4.42. The number of hydrogen-bond acceptors (Lipinski definition) is 2. The third kappa shape index (κ3) is 3.22. The molecule has 0 unspecified atom stereocenters. The molecule has 0 spiro atoms. The molecule has 0 aromatic carbocycles. The Kier molecular flexibility index (Phi) is 4.26. The van der Waals surface area contributed by atoms with E-state index in [1.165, 1.54) is 0 Å². The Labute approximate surface area is 92.9 Å². The Hall–Kier alpha value is -0.700. The van der Waals surface area contributed by atoms with Crippen LogP contribution in [0.1, 0.15) is 37.2 Å². The Bertz CT molecular complexity index is 308. The lowest BCUT2D eigenvalue weighted by Gasteiger charge is -2.06. The van der Waals surface area contributed by atoms with Crippen LogP contribution in [0.15, 0.2) is 22.8 Å². The Morgan fingerprint density at radius 2 is 2.29 bits per heavy atom. The summed E-state index contributed by atoms with van der Waals surface area (Å²) in [5.41, 5.74) is 0.563. The molecule has 14 heavy (non-hydrogen) atoms. The number of pyridine rings is 1. The minimum Gasteiger partial charge on any atom is -0.292 e. The fourth-order valence-electron chi connectivity index (χ4n) is 1.11. The highest BCUT2D eigenvalue weighted by atomic mass is 79.9. The maximum atomic E-state index is 11.6. The first kappa shape index (κ1) is 11.4. The molecule has 1 rings (SSSR count). The van der Waals surface area contributed by atoms with Gasteiger partial charge in [-0.05, 0) is 34.0 Å². The molecule has 0 aliphatic carbocycles. The molecule has 0 aliphatic rings. The normalized spacial score (nSPS) is 12.5. The maximum absolute atomic E-state index is 11.6. The summed E-state index contributed by atoms with van der Waals surface area (Å²) < 4.78 is 0.901. The molecule has 3 heteroatoms. The van der Waals surface area contributed by atoms with Crippen molar-refractivity contribution < 1.29 is 4.79 Å². The number of nitrogens with zero attached hydrogens (tertiary/aromatic N) is 1. The number of rotatable bonds is 4. The maximum Gasteiger partial charge on any atom is 0.181 e. The highest BCUT2D eigenvalue weighted by Gasteiger charge is 2.10. The number of hydrogen-bond donors (Lipinski definition) is 0. The standard InChI is InChI=1S/C11H14BrNO/c1-3-8(2)6-11(14)10-5-4-9(12)7-13-10/h4-5,7-8H,3,6H2,1-2H3/t8-/m0/s1. The van der Waals surface area contributed by atoms with Gasteiger partial charge in [-0.2, -0.15) is 0 Å². The van der Waals surface area contributed by atoms with Gasteiger partial charge in [0.25, 0.3) is 0 Å². The predicted octanol–water partition coefficient (Wildman–Crippen LogP) is 3.46. The molecule has 0 bridgehead atoms. The van der Waals surface area contributed by atoms with Crippen LogP contribution in [0, 0.1) is 5.92 Å². The molecule has 1 aromatic heterocycles. The van der Waals surface area contributed by atoms with E-state index in [-0.39, 0.29) is 5.78 Å². The molecule has 0 saturated carbocycles. The summed E-state index contributed by atoms with van der Waals surface area (Å²) >= 11 is 3.29. The summed E-state index contributed by atoms with van der Waals surface area (Å²) in [6.45, 7) is 4.17. The average Bonchev–Trinajstić information content (AvgIpc) is 2.18. The molecule has 0 saturated heterocycles. The fraction of sp³-hybridized carbons (Fsp3) is 0.455. The third-order valence-electron chi connectivity index (χ3n) is 2.24. The zero-order valence-electron chi connectivity index (χ0n) is 8.46. The summed E-state index contributed by atoms with van der Waals surface area (Å²) in [4.78, 5) is 15.7. The van der Waals surface area contributed by atoms with Crippen molar-refractivity contribution >= 4 is 21.7 Å². The summed E-state index contributed by atoms with van der Waals surface area (Å²) in [6, 6.07) is 3.60. The van der Waals surface area contributed by atoms with E-state index in [0.29, 0.717) is 18.0 Å². The largest absolute Gasteiger partial charge is 0.292 e. The molecule has 0 fully saturated rings. The van der Waals surface area contributed by atoms with Crippen molar-refractivity contribution in [3.8, 4) is 0 Å². The first-order valence-corrected chi connectivity index (χ1v) is 5.57. The van der Waals surface area contributed by atoms with Crippen LogP contribution < -0.4 is 0 Å². The summed E-state index contributed by atoms with van der Waals surface area (Å²) in [7, 11) is 0. The quantitative estimate of drug-likeness (QED) is 0.772. The number of halogens is 1. The number of carbonyl (C=O) groups is 1. The van der Waals surface area contributed by atoms with E-state index in [4.69, 9.17) is 0 Å². The molecular formula is C11H14BrNO. The Morgan fingerprint density at radius 1 is 1.57 bits per heavy atom. The topological polar surface area (TPSA) is 30.0 Å². The van der Waals surface area contributed by atoms with Crippen molar-refractivity contribution in [2.75, 3.05) is 0 Å². The molecule has 0 aliphatic heterocycles. The fourth-order valence-corrected chi connectivity index (χ4v) is 1.34. The Balaban J connectivity index is 2.65. The Morgan fingerprint density at radius 3 is 2.79 bits per heavy atom. The van der Waals surface area contributed by atoms with E-state index in [0.717, 1.165) is 10.9 Å². The van der Waals surface area contributed by atoms with E-state index in [2.05, 4.69) is 34.8 Å². The van der Waals surface area contributed by atoms with Gasteiger partial charge in [-0.25, -0.2) is 0 Å². The second kappa shape index (κ2) is 5.25. The van der Waals surface area contributed by atoms with Crippen molar-refractivity contribution in [2.45, 2.75) is 26.7 Å².